The van der Waals surface area contributed by atoms with Crippen LogP contribution in [0.5, 0.6) is 0 Å². The Morgan fingerprint density at radius 3 is 3.00 bits per heavy atom. The Labute approximate surface area is 111 Å². The monoisotopic (exact) mass is 257 g/mol. The van der Waals surface area contributed by atoms with E-state index in [0.717, 1.165) is 23.3 Å². The third kappa shape index (κ3) is 2.12. The standard InChI is InChI=1S/C14H15N3O2/c1-8(18)15-12-6-9-7-13(19)16-17-14(9)11-5-3-2-4-10(11)12/h2-5,9,12H,6-7H2,1H3,(H,15,18)(H,16,19). The first kappa shape index (κ1) is 11.9. The molecule has 2 unspecified atom stereocenters. The van der Waals surface area contributed by atoms with E-state index in [-0.39, 0.29) is 23.8 Å². The summed E-state index contributed by atoms with van der Waals surface area (Å²) in [5.41, 5.74) is 5.57. The van der Waals surface area contributed by atoms with Gasteiger partial charge in [0.1, 0.15) is 0 Å². The molecular weight excluding hydrogens is 242 g/mol. The van der Waals surface area contributed by atoms with E-state index in [1.165, 1.54) is 6.92 Å². The highest BCUT2D eigenvalue weighted by Crippen LogP contribution is 2.36. The maximum Gasteiger partial charge on any atom is 0.240 e. The summed E-state index contributed by atoms with van der Waals surface area (Å²) in [4.78, 5) is 22.8. The van der Waals surface area contributed by atoms with Crippen molar-refractivity contribution in [3.8, 4) is 0 Å². The Kier molecular flexibility index (Phi) is 2.81. The Balaban J connectivity index is 2.05. The van der Waals surface area contributed by atoms with E-state index < -0.39 is 0 Å². The lowest BCUT2D eigenvalue weighted by Crippen LogP contribution is -2.41. The van der Waals surface area contributed by atoms with E-state index in [1.807, 2.05) is 24.3 Å². The molecule has 0 aromatic heterocycles. The summed E-state index contributed by atoms with van der Waals surface area (Å²) >= 11 is 0. The molecule has 19 heavy (non-hydrogen) atoms. The number of hydrazone groups is 1. The van der Waals surface area contributed by atoms with Crippen LogP contribution in [0.3, 0.4) is 0 Å². The molecular formula is C14H15N3O2. The van der Waals surface area contributed by atoms with Crippen molar-refractivity contribution in [1.29, 1.82) is 0 Å². The molecule has 0 spiro atoms. The average Bonchev–Trinajstić information content (AvgIpc) is 2.38. The third-order valence-corrected chi connectivity index (χ3v) is 3.63. The number of amides is 2. The van der Waals surface area contributed by atoms with Gasteiger partial charge in [-0.05, 0) is 12.0 Å². The van der Waals surface area contributed by atoms with E-state index in [1.54, 1.807) is 0 Å². The molecule has 1 aliphatic heterocycles. The van der Waals surface area contributed by atoms with Crippen LogP contribution in [0.15, 0.2) is 29.4 Å². The number of carbonyl (C=O) groups excluding carboxylic acids is 2. The van der Waals surface area contributed by atoms with E-state index in [2.05, 4.69) is 15.8 Å². The first-order chi connectivity index (χ1) is 9.15. The fraction of sp³-hybridized carbons (Fsp3) is 0.357. The van der Waals surface area contributed by atoms with Gasteiger partial charge in [0.25, 0.3) is 0 Å². The number of benzene rings is 1. The quantitative estimate of drug-likeness (QED) is 0.791. The van der Waals surface area contributed by atoms with Gasteiger partial charge in [0, 0.05) is 24.8 Å². The lowest BCUT2D eigenvalue weighted by molar-refractivity contribution is -0.122. The molecule has 0 fully saturated rings. The molecule has 0 bridgehead atoms. The highest BCUT2D eigenvalue weighted by Gasteiger charge is 2.35. The largest absolute Gasteiger partial charge is 0.349 e. The summed E-state index contributed by atoms with van der Waals surface area (Å²) in [5, 5.41) is 7.15. The van der Waals surface area contributed by atoms with E-state index in [9.17, 15) is 9.59 Å². The second kappa shape index (κ2) is 4.50. The van der Waals surface area contributed by atoms with Gasteiger partial charge in [-0.15, -0.1) is 0 Å². The van der Waals surface area contributed by atoms with Gasteiger partial charge < -0.3 is 5.32 Å². The minimum absolute atomic E-state index is 0.0384. The van der Waals surface area contributed by atoms with Crippen LogP contribution in [-0.4, -0.2) is 17.5 Å². The number of rotatable bonds is 1. The molecule has 0 saturated carbocycles. The fourth-order valence-electron chi connectivity index (χ4n) is 2.88. The smallest absolute Gasteiger partial charge is 0.240 e. The highest BCUT2D eigenvalue weighted by atomic mass is 16.2. The van der Waals surface area contributed by atoms with Crippen molar-refractivity contribution in [1.82, 2.24) is 10.7 Å². The predicted molar refractivity (Wildman–Crippen MR) is 70.4 cm³/mol. The highest BCUT2D eigenvalue weighted by molar-refractivity contribution is 6.08. The van der Waals surface area contributed by atoms with Gasteiger partial charge in [-0.1, -0.05) is 24.3 Å². The average molecular weight is 257 g/mol. The Morgan fingerprint density at radius 2 is 2.21 bits per heavy atom. The Hall–Kier alpha value is -2.17. The van der Waals surface area contributed by atoms with Crippen LogP contribution in [-0.2, 0) is 9.59 Å². The molecule has 2 atom stereocenters. The normalized spacial score (nSPS) is 24.7. The number of carbonyl (C=O) groups is 2. The molecule has 1 aromatic rings. The summed E-state index contributed by atoms with van der Waals surface area (Å²) in [6.45, 7) is 1.51. The minimum atomic E-state index is -0.0605. The van der Waals surface area contributed by atoms with Crippen LogP contribution in [0.25, 0.3) is 0 Å². The molecule has 2 N–H and O–H groups in total. The van der Waals surface area contributed by atoms with Crippen LogP contribution < -0.4 is 10.7 Å². The van der Waals surface area contributed by atoms with Crippen LogP contribution in [0.2, 0.25) is 0 Å². The molecule has 0 saturated heterocycles. The van der Waals surface area contributed by atoms with Crippen LogP contribution >= 0.6 is 0 Å². The lowest BCUT2D eigenvalue weighted by Gasteiger charge is -2.34. The van der Waals surface area contributed by atoms with Gasteiger partial charge in [-0.25, -0.2) is 5.43 Å². The molecule has 2 amide bonds. The van der Waals surface area contributed by atoms with E-state index in [0.29, 0.717) is 6.42 Å². The van der Waals surface area contributed by atoms with Crippen molar-refractivity contribution in [2.45, 2.75) is 25.8 Å². The third-order valence-electron chi connectivity index (χ3n) is 3.63. The van der Waals surface area contributed by atoms with Gasteiger partial charge in [0.05, 0.1) is 11.8 Å². The van der Waals surface area contributed by atoms with Crippen molar-refractivity contribution in [2.75, 3.05) is 0 Å². The van der Waals surface area contributed by atoms with Gasteiger partial charge in [-0.2, -0.15) is 5.10 Å². The van der Waals surface area contributed by atoms with Crippen molar-refractivity contribution >= 4 is 17.5 Å². The van der Waals surface area contributed by atoms with Crippen molar-refractivity contribution in [3.05, 3.63) is 35.4 Å². The second-order valence-electron chi connectivity index (χ2n) is 5.01. The topological polar surface area (TPSA) is 70.6 Å². The van der Waals surface area contributed by atoms with Crippen LogP contribution in [0.4, 0.5) is 0 Å². The molecule has 5 nitrogen and oxygen atoms in total. The molecule has 98 valence electrons. The second-order valence-corrected chi connectivity index (χ2v) is 5.01. The fourth-order valence-corrected chi connectivity index (χ4v) is 2.88. The number of fused-ring (bicyclic) bond motifs is 3. The number of nitrogens with one attached hydrogen (secondary N) is 2. The van der Waals surface area contributed by atoms with Gasteiger partial charge in [-0.3, -0.25) is 9.59 Å². The molecule has 0 radical (unpaired) electrons. The molecule has 1 aromatic carbocycles. The lowest BCUT2D eigenvalue weighted by atomic mass is 9.77. The van der Waals surface area contributed by atoms with Crippen molar-refractivity contribution in [3.63, 3.8) is 0 Å². The molecule has 3 rings (SSSR count). The van der Waals surface area contributed by atoms with Gasteiger partial charge >= 0.3 is 0 Å². The maximum atomic E-state index is 11.5. The first-order valence-electron chi connectivity index (χ1n) is 6.38. The zero-order valence-corrected chi connectivity index (χ0v) is 10.6. The molecule has 1 aliphatic carbocycles. The summed E-state index contributed by atoms with van der Waals surface area (Å²) in [6.07, 6.45) is 1.16. The SMILES string of the molecule is CC(=O)NC1CC2CC(=O)NN=C2c2ccccc21. The number of hydrogen-bond donors (Lipinski definition) is 2. The van der Waals surface area contributed by atoms with Crippen molar-refractivity contribution < 1.29 is 9.59 Å². The van der Waals surface area contributed by atoms with Crippen LogP contribution in [0.1, 0.15) is 36.9 Å². The van der Waals surface area contributed by atoms with Gasteiger partial charge in [0.15, 0.2) is 0 Å². The molecule has 2 aliphatic rings. The van der Waals surface area contributed by atoms with Crippen LogP contribution in [0, 0.1) is 5.92 Å². The molecule has 1 heterocycles. The predicted octanol–water partition coefficient (Wildman–Crippen LogP) is 1.11. The number of hydrogen-bond acceptors (Lipinski definition) is 3. The number of nitrogens with zero attached hydrogens (tertiary/aromatic N) is 1. The van der Waals surface area contributed by atoms with Gasteiger partial charge in [0.2, 0.25) is 11.8 Å². The van der Waals surface area contributed by atoms with E-state index >= 15 is 0 Å². The Bertz CT molecular complexity index is 580. The minimum Gasteiger partial charge on any atom is -0.349 e. The Morgan fingerprint density at radius 1 is 1.42 bits per heavy atom. The maximum absolute atomic E-state index is 11.5. The summed E-state index contributed by atoms with van der Waals surface area (Å²) in [6, 6.07) is 7.86. The molecule has 5 heteroatoms. The summed E-state index contributed by atoms with van der Waals surface area (Å²) in [5.74, 6) is -0.0318. The zero-order valence-electron chi connectivity index (χ0n) is 10.6. The summed E-state index contributed by atoms with van der Waals surface area (Å²) in [7, 11) is 0. The van der Waals surface area contributed by atoms with E-state index in [4.69, 9.17) is 0 Å². The zero-order chi connectivity index (χ0) is 13.4. The summed E-state index contributed by atoms with van der Waals surface area (Å²) < 4.78 is 0. The van der Waals surface area contributed by atoms with Crippen molar-refractivity contribution in [2.24, 2.45) is 11.0 Å². The first-order valence-corrected chi connectivity index (χ1v) is 6.38.